The van der Waals surface area contributed by atoms with Crippen LogP contribution >= 0.6 is 11.3 Å². The lowest BCUT2D eigenvalue weighted by molar-refractivity contribution is 0.0691. The number of carbonyl (C=O) groups is 2. The third-order valence-corrected chi connectivity index (χ3v) is 5.47. The number of nitrogens with one attached hydrogen (secondary N) is 1. The van der Waals surface area contributed by atoms with Crippen molar-refractivity contribution in [1.82, 2.24) is 0 Å². The minimum Gasteiger partial charge on any atom is -0.485 e. The zero-order chi connectivity index (χ0) is 18.8. The Labute approximate surface area is 160 Å². The Hall–Kier alpha value is -3.12. The number of carboxylic acid groups (broad SMARTS) is 1. The van der Waals surface area contributed by atoms with Gasteiger partial charge in [0.1, 0.15) is 22.4 Å². The van der Waals surface area contributed by atoms with Crippen molar-refractivity contribution in [2.75, 3.05) is 5.32 Å². The Bertz CT molecular complexity index is 996. The van der Waals surface area contributed by atoms with Crippen LogP contribution in [0.15, 0.2) is 60.0 Å². The number of ether oxygens (including phenoxy) is 1. The number of fused-ring (bicyclic) bond motifs is 1. The number of anilines is 1. The lowest BCUT2D eigenvalue weighted by atomic mass is 9.96. The molecule has 0 saturated heterocycles. The minimum absolute atomic E-state index is 0.105. The molecule has 0 spiro atoms. The molecule has 2 aromatic carbocycles. The van der Waals surface area contributed by atoms with Crippen LogP contribution in [0.4, 0.5) is 5.00 Å². The van der Waals surface area contributed by atoms with Crippen LogP contribution in [-0.2, 0) is 6.42 Å². The van der Waals surface area contributed by atoms with Crippen LogP contribution in [0.2, 0.25) is 0 Å². The van der Waals surface area contributed by atoms with Crippen molar-refractivity contribution in [3.05, 3.63) is 82.2 Å². The monoisotopic (exact) mass is 379 g/mol. The van der Waals surface area contributed by atoms with Gasteiger partial charge in [-0.05, 0) is 36.6 Å². The van der Waals surface area contributed by atoms with E-state index in [-0.39, 0.29) is 17.6 Å². The number of carboxylic acids is 1. The van der Waals surface area contributed by atoms with Crippen molar-refractivity contribution in [3.63, 3.8) is 0 Å². The van der Waals surface area contributed by atoms with Crippen LogP contribution in [0.25, 0.3) is 0 Å². The summed E-state index contributed by atoms with van der Waals surface area (Å²) >= 11 is 1.21. The Kier molecular flexibility index (Phi) is 4.64. The average molecular weight is 379 g/mol. The van der Waals surface area contributed by atoms with Gasteiger partial charge in [-0.1, -0.05) is 36.4 Å². The van der Waals surface area contributed by atoms with Gasteiger partial charge in [0.25, 0.3) is 5.91 Å². The molecule has 1 aliphatic rings. The molecule has 0 bridgehead atoms. The highest BCUT2D eigenvalue weighted by molar-refractivity contribution is 7.15. The number of aromatic carboxylic acids is 1. The van der Waals surface area contributed by atoms with E-state index in [1.807, 2.05) is 30.3 Å². The molecule has 2 N–H and O–H groups in total. The van der Waals surface area contributed by atoms with Gasteiger partial charge in [0, 0.05) is 16.5 Å². The maximum absolute atomic E-state index is 12.4. The summed E-state index contributed by atoms with van der Waals surface area (Å²) in [4.78, 5) is 24.3. The number of hydrogen-bond donors (Lipinski definition) is 2. The van der Waals surface area contributed by atoms with Crippen molar-refractivity contribution >= 4 is 28.2 Å². The zero-order valence-electron chi connectivity index (χ0n) is 14.3. The number of benzene rings is 2. The van der Waals surface area contributed by atoms with E-state index >= 15 is 0 Å². The molecule has 6 heteroatoms. The van der Waals surface area contributed by atoms with E-state index in [1.54, 1.807) is 29.6 Å². The summed E-state index contributed by atoms with van der Waals surface area (Å²) in [7, 11) is 0. The summed E-state index contributed by atoms with van der Waals surface area (Å²) < 4.78 is 6.04. The molecule has 1 aliphatic heterocycles. The molecule has 0 aliphatic carbocycles. The van der Waals surface area contributed by atoms with Gasteiger partial charge in [-0.25, -0.2) is 4.79 Å². The molecule has 1 amide bonds. The van der Waals surface area contributed by atoms with Gasteiger partial charge in [0.05, 0.1) is 0 Å². The summed E-state index contributed by atoms with van der Waals surface area (Å²) in [5, 5.41) is 14.6. The largest absolute Gasteiger partial charge is 0.485 e. The van der Waals surface area contributed by atoms with Gasteiger partial charge in [-0.2, -0.15) is 0 Å². The molecular formula is C21H17NO4S. The number of para-hydroxylation sites is 1. The van der Waals surface area contributed by atoms with E-state index in [9.17, 15) is 14.7 Å². The number of hydrogen-bond acceptors (Lipinski definition) is 4. The first-order valence-corrected chi connectivity index (χ1v) is 9.47. The number of amides is 1. The van der Waals surface area contributed by atoms with Crippen LogP contribution in [0.1, 0.15) is 44.4 Å². The summed E-state index contributed by atoms with van der Waals surface area (Å²) in [6.45, 7) is 0. The molecule has 1 unspecified atom stereocenters. The van der Waals surface area contributed by atoms with Crippen molar-refractivity contribution < 1.29 is 19.4 Å². The fourth-order valence-corrected chi connectivity index (χ4v) is 4.22. The van der Waals surface area contributed by atoms with Crippen molar-refractivity contribution in [1.29, 1.82) is 0 Å². The Morgan fingerprint density at radius 1 is 1.07 bits per heavy atom. The smallest absolute Gasteiger partial charge is 0.339 e. The molecule has 1 atom stereocenters. The molecule has 4 rings (SSSR count). The van der Waals surface area contributed by atoms with Crippen LogP contribution in [-0.4, -0.2) is 17.0 Å². The van der Waals surface area contributed by atoms with Gasteiger partial charge >= 0.3 is 5.97 Å². The highest BCUT2D eigenvalue weighted by Gasteiger charge is 2.29. The minimum atomic E-state index is -1.07. The third kappa shape index (κ3) is 3.44. The predicted molar refractivity (Wildman–Crippen MR) is 104 cm³/mol. The molecule has 0 saturated carbocycles. The van der Waals surface area contributed by atoms with Crippen LogP contribution in [0, 0.1) is 0 Å². The lowest BCUT2D eigenvalue weighted by Gasteiger charge is -2.26. The van der Waals surface area contributed by atoms with Crippen molar-refractivity contribution in [2.24, 2.45) is 0 Å². The predicted octanol–water partition coefficient (Wildman–Crippen LogP) is 4.76. The number of thiophene rings is 1. The topological polar surface area (TPSA) is 75.6 Å². The average Bonchev–Trinajstić information content (AvgIpc) is 3.12. The number of carbonyl (C=O) groups excluding carboxylic acids is 1. The second-order valence-electron chi connectivity index (χ2n) is 6.27. The molecule has 0 fully saturated rings. The van der Waals surface area contributed by atoms with Gasteiger partial charge in [0.15, 0.2) is 0 Å². The van der Waals surface area contributed by atoms with Crippen molar-refractivity contribution in [2.45, 2.75) is 18.9 Å². The molecule has 27 heavy (non-hydrogen) atoms. The maximum atomic E-state index is 12.4. The normalized spacial score (nSPS) is 15.5. The van der Waals surface area contributed by atoms with E-state index in [1.165, 1.54) is 11.3 Å². The van der Waals surface area contributed by atoms with Crippen LogP contribution in [0.3, 0.4) is 0 Å². The summed E-state index contributed by atoms with van der Waals surface area (Å²) in [5.41, 5.74) is 2.31. The fourth-order valence-electron chi connectivity index (χ4n) is 3.23. The third-order valence-electron chi connectivity index (χ3n) is 4.56. The Morgan fingerprint density at radius 3 is 2.59 bits per heavy atom. The highest BCUT2D eigenvalue weighted by Crippen LogP contribution is 2.40. The van der Waals surface area contributed by atoms with Gasteiger partial charge in [-0.3, -0.25) is 4.79 Å². The Morgan fingerprint density at radius 2 is 1.81 bits per heavy atom. The van der Waals surface area contributed by atoms with E-state index < -0.39 is 5.97 Å². The molecule has 1 aromatic heterocycles. The summed E-state index contributed by atoms with van der Waals surface area (Å²) in [6.07, 6.45) is 1.17. The molecule has 0 radical (unpaired) electrons. The van der Waals surface area contributed by atoms with Gasteiger partial charge in [-0.15, -0.1) is 11.3 Å². The maximum Gasteiger partial charge on any atom is 0.339 e. The highest BCUT2D eigenvalue weighted by atomic mass is 32.1. The first-order valence-electron chi connectivity index (χ1n) is 8.59. The van der Waals surface area contributed by atoms with Gasteiger partial charge in [0.2, 0.25) is 0 Å². The van der Waals surface area contributed by atoms with Crippen LogP contribution < -0.4 is 10.1 Å². The fraction of sp³-hybridized carbons (Fsp3) is 0.143. The first kappa shape index (κ1) is 17.3. The lowest BCUT2D eigenvalue weighted by Crippen LogP contribution is -2.18. The summed E-state index contributed by atoms with van der Waals surface area (Å²) in [6, 6.07) is 16.5. The molecule has 2 heterocycles. The van der Waals surface area contributed by atoms with Crippen molar-refractivity contribution in [3.8, 4) is 5.75 Å². The summed E-state index contributed by atoms with van der Waals surface area (Å²) in [5.74, 6) is -0.621. The molecular weight excluding hydrogens is 362 g/mol. The standard InChI is InChI=1S/C21H17NO4S/c23-19(14-7-2-1-3-8-14)22-20-18(21(24)25)15(12-27-20)17-11-10-13-6-4-5-9-16(13)26-17/h1-9,12,17H,10-11H2,(H,22,23)(H,24,25). The quantitative estimate of drug-likeness (QED) is 0.685. The Balaban J connectivity index is 1.62. The van der Waals surface area contributed by atoms with Crippen LogP contribution in [0.5, 0.6) is 5.75 Å². The molecule has 136 valence electrons. The number of rotatable bonds is 4. The van der Waals surface area contributed by atoms with E-state index in [0.717, 1.165) is 17.7 Å². The zero-order valence-corrected chi connectivity index (χ0v) is 15.2. The second kappa shape index (κ2) is 7.25. The van der Waals surface area contributed by atoms with Gasteiger partial charge < -0.3 is 15.2 Å². The first-order chi connectivity index (χ1) is 13.1. The second-order valence-corrected chi connectivity index (χ2v) is 7.15. The number of aryl methyl sites for hydroxylation is 1. The SMILES string of the molecule is O=C(Nc1scc(C2CCc3ccccc3O2)c1C(=O)O)c1ccccc1. The van der Waals surface area contributed by atoms with E-state index in [0.29, 0.717) is 22.5 Å². The molecule has 5 nitrogen and oxygen atoms in total. The molecule has 3 aromatic rings. The van der Waals surface area contributed by atoms with E-state index in [2.05, 4.69) is 5.32 Å². The van der Waals surface area contributed by atoms with E-state index in [4.69, 9.17) is 4.74 Å².